The molecule has 0 heterocycles. The van der Waals surface area contributed by atoms with Gasteiger partial charge in [-0.05, 0) is 74.0 Å². The predicted molar refractivity (Wildman–Crippen MR) is 80.1 cm³/mol. The van der Waals surface area contributed by atoms with E-state index in [1.54, 1.807) is 32.1 Å². The zero-order chi connectivity index (χ0) is 12.9. The molecule has 19 heavy (non-hydrogen) atoms. The lowest BCUT2D eigenvalue weighted by molar-refractivity contribution is -0.101. The predicted octanol–water partition coefficient (Wildman–Crippen LogP) is 4.52. The largest absolute Gasteiger partial charge is 0.313 e. The molecule has 5 saturated carbocycles. The van der Waals surface area contributed by atoms with Crippen LogP contribution < -0.4 is 5.32 Å². The Balaban J connectivity index is 1.42. The van der Waals surface area contributed by atoms with Crippen molar-refractivity contribution in [2.75, 3.05) is 6.54 Å². The third kappa shape index (κ3) is 2.37. The van der Waals surface area contributed by atoms with Crippen LogP contribution >= 0.6 is 0 Å². The average molecular weight is 261 g/mol. The van der Waals surface area contributed by atoms with Crippen LogP contribution in [0.2, 0.25) is 0 Å². The number of nitrogens with one attached hydrogen (secondary N) is 1. The molecule has 0 saturated heterocycles. The molecule has 0 radical (unpaired) electrons. The maximum absolute atomic E-state index is 4.00. The van der Waals surface area contributed by atoms with Gasteiger partial charge in [0.25, 0.3) is 0 Å². The number of hydrogen-bond donors (Lipinski definition) is 1. The molecule has 5 fully saturated rings. The molecule has 2 unspecified atom stereocenters. The van der Waals surface area contributed by atoms with E-state index in [4.69, 9.17) is 0 Å². The molecule has 5 aliphatic carbocycles. The summed E-state index contributed by atoms with van der Waals surface area (Å²) in [5.74, 6) is 2.17. The van der Waals surface area contributed by atoms with E-state index < -0.39 is 0 Å². The fourth-order valence-corrected chi connectivity index (χ4v) is 6.80. The van der Waals surface area contributed by atoms with Crippen LogP contribution in [0.25, 0.3) is 0 Å². The van der Waals surface area contributed by atoms with Gasteiger partial charge in [0.05, 0.1) is 0 Å². The van der Waals surface area contributed by atoms with E-state index in [1.807, 2.05) is 0 Å². The molecule has 108 valence electrons. The van der Waals surface area contributed by atoms with Crippen molar-refractivity contribution >= 4 is 0 Å². The van der Waals surface area contributed by atoms with E-state index in [-0.39, 0.29) is 0 Å². The highest BCUT2D eigenvalue weighted by Crippen LogP contribution is 2.64. The van der Waals surface area contributed by atoms with Crippen LogP contribution in [0, 0.1) is 22.7 Å². The molecule has 1 nitrogen and oxygen atoms in total. The first-order valence-electron chi connectivity index (χ1n) is 8.88. The Kier molecular flexibility index (Phi) is 2.99. The van der Waals surface area contributed by atoms with E-state index in [2.05, 4.69) is 12.2 Å². The maximum atomic E-state index is 4.00. The molecular formula is C18H31N. The van der Waals surface area contributed by atoms with Crippen LogP contribution in [0.5, 0.6) is 0 Å². The fourth-order valence-electron chi connectivity index (χ4n) is 6.80. The Morgan fingerprint density at radius 1 is 0.947 bits per heavy atom. The molecule has 1 N–H and O–H groups in total. The second kappa shape index (κ2) is 4.48. The van der Waals surface area contributed by atoms with E-state index in [9.17, 15) is 0 Å². The lowest BCUT2D eigenvalue weighted by atomic mass is 9.44. The van der Waals surface area contributed by atoms with Crippen LogP contribution in [0.3, 0.4) is 0 Å². The molecule has 4 bridgehead atoms. The minimum atomic E-state index is 0.705. The normalized spacial score (nSPS) is 49.7. The Morgan fingerprint density at radius 3 is 2.26 bits per heavy atom. The van der Waals surface area contributed by atoms with Crippen molar-refractivity contribution < 1.29 is 0 Å². The third-order valence-electron chi connectivity index (χ3n) is 6.85. The molecular weight excluding hydrogens is 230 g/mol. The van der Waals surface area contributed by atoms with Crippen LogP contribution in [0.15, 0.2) is 0 Å². The van der Waals surface area contributed by atoms with Crippen LogP contribution in [-0.2, 0) is 0 Å². The minimum Gasteiger partial charge on any atom is -0.313 e. The van der Waals surface area contributed by atoms with Gasteiger partial charge in [-0.15, -0.1) is 0 Å². The molecule has 0 spiro atoms. The molecule has 0 aromatic heterocycles. The second-order valence-corrected chi connectivity index (χ2v) is 8.99. The molecule has 2 atom stereocenters. The van der Waals surface area contributed by atoms with Gasteiger partial charge >= 0.3 is 0 Å². The van der Waals surface area contributed by atoms with Gasteiger partial charge in [0.2, 0.25) is 0 Å². The third-order valence-corrected chi connectivity index (χ3v) is 6.85. The topological polar surface area (TPSA) is 12.0 Å². The van der Waals surface area contributed by atoms with Crippen molar-refractivity contribution in [1.82, 2.24) is 5.32 Å². The van der Waals surface area contributed by atoms with Crippen LogP contribution in [0.1, 0.15) is 77.6 Å². The molecule has 0 aliphatic heterocycles. The van der Waals surface area contributed by atoms with E-state index in [0.29, 0.717) is 5.41 Å². The Hall–Kier alpha value is -0.0400. The van der Waals surface area contributed by atoms with Crippen molar-refractivity contribution in [2.45, 2.75) is 83.6 Å². The number of rotatable bonds is 3. The second-order valence-electron chi connectivity index (χ2n) is 8.99. The minimum absolute atomic E-state index is 0.705. The maximum Gasteiger partial charge on any atom is 0.00672 e. The lowest BCUT2D eigenvalue weighted by Gasteiger charge is -2.61. The van der Waals surface area contributed by atoms with Crippen LogP contribution in [-0.4, -0.2) is 12.6 Å². The first-order chi connectivity index (χ1) is 9.15. The molecule has 5 rings (SSSR count). The standard InChI is InChI=1S/C18H31N/c1-17-8-14-7-15(9-17)11-18(10-14,12-17)13-19-16-5-3-2-4-6-16/h14-16,19H,2-13H2,1H3. The summed E-state index contributed by atoms with van der Waals surface area (Å²) >= 11 is 0. The highest BCUT2D eigenvalue weighted by Gasteiger charge is 2.55. The fraction of sp³-hybridized carbons (Fsp3) is 1.00. The summed E-state index contributed by atoms with van der Waals surface area (Å²) in [6, 6.07) is 0.856. The van der Waals surface area contributed by atoms with Gasteiger partial charge in [0, 0.05) is 12.6 Å². The Morgan fingerprint density at radius 2 is 1.63 bits per heavy atom. The smallest absolute Gasteiger partial charge is 0.00672 e. The summed E-state index contributed by atoms with van der Waals surface area (Å²) in [5.41, 5.74) is 1.43. The van der Waals surface area contributed by atoms with Gasteiger partial charge in [-0.3, -0.25) is 0 Å². The summed E-state index contributed by atoms with van der Waals surface area (Å²) in [6.45, 7) is 3.94. The first kappa shape index (κ1) is 12.7. The molecule has 0 aromatic rings. The summed E-state index contributed by atoms with van der Waals surface area (Å²) in [5, 5.41) is 4.00. The highest BCUT2D eigenvalue weighted by atomic mass is 14.9. The van der Waals surface area contributed by atoms with Gasteiger partial charge < -0.3 is 5.32 Å². The van der Waals surface area contributed by atoms with Gasteiger partial charge in [-0.25, -0.2) is 0 Å². The quantitative estimate of drug-likeness (QED) is 0.788. The highest BCUT2D eigenvalue weighted by molar-refractivity contribution is 5.07. The zero-order valence-corrected chi connectivity index (χ0v) is 12.7. The molecule has 0 aromatic carbocycles. The monoisotopic (exact) mass is 261 g/mol. The average Bonchev–Trinajstić information content (AvgIpc) is 2.35. The summed E-state index contributed by atoms with van der Waals surface area (Å²) < 4.78 is 0. The Bertz CT molecular complexity index is 328. The van der Waals surface area contributed by atoms with Gasteiger partial charge in [-0.2, -0.15) is 0 Å². The zero-order valence-electron chi connectivity index (χ0n) is 12.7. The van der Waals surface area contributed by atoms with Crippen molar-refractivity contribution in [3.8, 4) is 0 Å². The summed E-state index contributed by atoms with van der Waals surface area (Å²) in [7, 11) is 0. The van der Waals surface area contributed by atoms with Gasteiger partial charge in [0.1, 0.15) is 0 Å². The lowest BCUT2D eigenvalue weighted by Crippen LogP contribution is -2.55. The summed E-state index contributed by atoms with van der Waals surface area (Å²) in [4.78, 5) is 0. The SMILES string of the molecule is CC12CC3CC(C1)CC(CNC1CCCCC1)(C3)C2. The van der Waals surface area contributed by atoms with Crippen molar-refractivity contribution in [1.29, 1.82) is 0 Å². The van der Waals surface area contributed by atoms with Crippen molar-refractivity contribution in [3.63, 3.8) is 0 Å². The van der Waals surface area contributed by atoms with Crippen molar-refractivity contribution in [2.24, 2.45) is 22.7 Å². The van der Waals surface area contributed by atoms with Crippen LogP contribution in [0.4, 0.5) is 0 Å². The molecule has 5 aliphatic rings. The molecule has 1 heteroatoms. The van der Waals surface area contributed by atoms with E-state index >= 15 is 0 Å². The first-order valence-corrected chi connectivity index (χ1v) is 8.88. The number of hydrogen-bond acceptors (Lipinski definition) is 1. The van der Waals surface area contributed by atoms with E-state index in [1.165, 1.54) is 45.1 Å². The van der Waals surface area contributed by atoms with E-state index in [0.717, 1.165) is 23.3 Å². The Labute approximate surface area is 118 Å². The van der Waals surface area contributed by atoms with Gasteiger partial charge in [-0.1, -0.05) is 26.2 Å². The van der Waals surface area contributed by atoms with Crippen molar-refractivity contribution in [3.05, 3.63) is 0 Å². The molecule has 0 amide bonds. The van der Waals surface area contributed by atoms with Gasteiger partial charge in [0.15, 0.2) is 0 Å². The summed E-state index contributed by atoms with van der Waals surface area (Å²) in [6.07, 6.45) is 16.6.